The van der Waals surface area contributed by atoms with Crippen molar-refractivity contribution in [2.24, 2.45) is 0 Å². The first-order valence-corrected chi connectivity index (χ1v) is 9.43. The molecule has 0 bridgehead atoms. The molecule has 0 atom stereocenters. The van der Waals surface area contributed by atoms with Gasteiger partial charge in [0.25, 0.3) is 0 Å². The summed E-state index contributed by atoms with van der Waals surface area (Å²) in [6.07, 6.45) is 1.28. The van der Waals surface area contributed by atoms with Crippen LogP contribution in [0.3, 0.4) is 0 Å². The molecule has 0 aliphatic carbocycles. The number of methoxy groups -OCH3 is 2. The Kier molecular flexibility index (Phi) is 7.10. The third-order valence-corrected chi connectivity index (χ3v) is 4.45. The summed E-state index contributed by atoms with van der Waals surface area (Å²) < 4.78 is 15.9. The number of nitrogens with zero attached hydrogens (tertiary/aromatic N) is 1. The maximum absolute atomic E-state index is 12.0. The number of hydrogen-bond donors (Lipinski definition) is 2. The Labute approximate surface area is 170 Å². The SMILES string of the molecule is COc1cccc(-c2cc(CCNC(=O)NCCc3ccccc3OC)no2)c1. The van der Waals surface area contributed by atoms with Crippen molar-refractivity contribution in [1.29, 1.82) is 0 Å². The molecule has 152 valence electrons. The van der Waals surface area contributed by atoms with Crippen LogP contribution in [0.15, 0.2) is 59.1 Å². The lowest BCUT2D eigenvalue weighted by atomic mass is 10.1. The molecule has 0 aliphatic rings. The molecule has 0 saturated heterocycles. The van der Waals surface area contributed by atoms with Crippen LogP contribution in [0.2, 0.25) is 0 Å². The highest BCUT2D eigenvalue weighted by Crippen LogP contribution is 2.24. The summed E-state index contributed by atoms with van der Waals surface area (Å²) in [5, 5.41) is 9.74. The Hall–Kier alpha value is -3.48. The highest BCUT2D eigenvalue weighted by molar-refractivity contribution is 5.73. The van der Waals surface area contributed by atoms with Crippen LogP contribution in [0.1, 0.15) is 11.3 Å². The molecule has 0 fully saturated rings. The zero-order chi connectivity index (χ0) is 20.5. The van der Waals surface area contributed by atoms with Gasteiger partial charge in [-0.1, -0.05) is 35.5 Å². The highest BCUT2D eigenvalue weighted by Gasteiger charge is 2.09. The molecular weight excluding hydrogens is 370 g/mol. The fourth-order valence-corrected chi connectivity index (χ4v) is 2.93. The fourth-order valence-electron chi connectivity index (χ4n) is 2.93. The number of nitrogens with one attached hydrogen (secondary N) is 2. The minimum Gasteiger partial charge on any atom is -0.497 e. The van der Waals surface area contributed by atoms with Gasteiger partial charge in [-0.05, 0) is 30.2 Å². The summed E-state index contributed by atoms with van der Waals surface area (Å²) in [7, 11) is 3.26. The number of rotatable bonds is 9. The first-order chi connectivity index (χ1) is 14.2. The minimum atomic E-state index is -0.212. The summed E-state index contributed by atoms with van der Waals surface area (Å²) in [6.45, 7) is 0.987. The van der Waals surface area contributed by atoms with E-state index in [0.29, 0.717) is 31.7 Å². The average molecular weight is 395 g/mol. The van der Waals surface area contributed by atoms with Gasteiger partial charge in [0.2, 0.25) is 0 Å². The van der Waals surface area contributed by atoms with Gasteiger partial charge < -0.3 is 24.6 Å². The number of carbonyl (C=O) groups is 1. The van der Waals surface area contributed by atoms with E-state index in [2.05, 4.69) is 15.8 Å². The smallest absolute Gasteiger partial charge is 0.314 e. The predicted octanol–water partition coefficient (Wildman–Crippen LogP) is 3.44. The Balaban J connectivity index is 1.41. The molecule has 29 heavy (non-hydrogen) atoms. The quantitative estimate of drug-likeness (QED) is 0.580. The Morgan fingerprint density at radius 2 is 1.76 bits per heavy atom. The van der Waals surface area contributed by atoms with Crippen molar-refractivity contribution in [3.05, 3.63) is 65.9 Å². The largest absolute Gasteiger partial charge is 0.497 e. The van der Waals surface area contributed by atoms with E-state index in [1.807, 2.05) is 54.6 Å². The Morgan fingerprint density at radius 3 is 2.55 bits per heavy atom. The van der Waals surface area contributed by atoms with Gasteiger partial charge in [0, 0.05) is 31.1 Å². The van der Waals surface area contributed by atoms with Crippen molar-refractivity contribution >= 4 is 6.03 Å². The normalized spacial score (nSPS) is 10.4. The van der Waals surface area contributed by atoms with Crippen molar-refractivity contribution < 1.29 is 18.8 Å². The summed E-state index contributed by atoms with van der Waals surface area (Å²) >= 11 is 0. The Bertz CT molecular complexity index is 939. The molecule has 2 amide bonds. The third kappa shape index (κ3) is 5.75. The predicted molar refractivity (Wildman–Crippen MR) is 110 cm³/mol. The van der Waals surface area contributed by atoms with E-state index < -0.39 is 0 Å². The van der Waals surface area contributed by atoms with Gasteiger partial charge >= 0.3 is 6.03 Å². The zero-order valence-electron chi connectivity index (χ0n) is 16.6. The molecule has 7 nitrogen and oxygen atoms in total. The van der Waals surface area contributed by atoms with E-state index in [0.717, 1.165) is 28.3 Å². The third-order valence-electron chi connectivity index (χ3n) is 4.45. The van der Waals surface area contributed by atoms with Crippen LogP contribution >= 0.6 is 0 Å². The lowest BCUT2D eigenvalue weighted by Gasteiger charge is -2.09. The summed E-state index contributed by atoms with van der Waals surface area (Å²) in [5.41, 5.74) is 2.73. The van der Waals surface area contributed by atoms with Crippen LogP contribution in [0.5, 0.6) is 11.5 Å². The van der Waals surface area contributed by atoms with Crippen molar-refractivity contribution in [2.45, 2.75) is 12.8 Å². The maximum atomic E-state index is 12.0. The molecular formula is C22H25N3O4. The van der Waals surface area contributed by atoms with Crippen LogP contribution in [0, 0.1) is 0 Å². The molecule has 2 N–H and O–H groups in total. The van der Waals surface area contributed by atoms with Gasteiger partial charge in [-0.3, -0.25) is 0 Å². The monoisotopic (exact) mass is 395 g/mol. The second-order valence-corrected chi connectivity index (χ2v) is 6.41. The molecule has 7 heteroatoms. The van der Waals surface area contributed by atoms with Gasteiger partial charge in [0.1, 0.15) is 11.5 Å². The molecule has 3 rings (SSSR count). The maximum Gasteiger partial charge on any atom is 0.314 e. The topological polar surface area (TPSA) is 85.6 Å². The van der Waals surface area contributed by atoms with Gasteiger partial charge in [-0.2, -0.15) is 0 Å². The zero-order valence-corrected chi connectivity index (χ0v) is 16.6. The lowest BCUT2D eigenvalue weighted by Crippen LogP contribution is -2.37. The molecule has 2 aromatic carbocycles. The van der Waals surface area contributed by atoms with Gasteiger partial charge in [-0.25, -0.2) is 4.79 Å². The highest BCUT2D eigenvalue weighted by atomic mass is 16.5. The Morgan fingerprint density at radius 1 is 0.966 bits per heavy atom. The molecule has 1 heterocycles. The van der Waals surface area contributed by atoms with Crippen LogP contribution < -0.4 is 20.1 Å². The molecule has 0 unspecified atom stereocenters. The molecule has 0 saturated carbocycles. The van der Waals surface area contributed by atoms with Gasteiger partial charge in [-0.15, -0.1) is 0 Å². The second kappa shape index (κ2) is 10.2. The van der Waals surface area contributed by atoms with E-state index in [1.165, 1.54) is 0 Å². The number of aromatic nitrogens is 1. The summed E-state index contributed by atoms with van der Waals surface area (Å²) in [6, 6.07) is 17.0. The summed E-state index contributed by atoms with van der Waals surface area (Å²) in [5.74, 6) is 2.25. The molecule has 0 radical (unpaired) electrons. The van der Waals surface area contributed by atoms with Gasteiger partial charge in [0.05, 0.1) is 19.9 Å². The molecule has 3 aromatic rings. The fraction of sp³-hybridized carbons (Fsp3) is 0.273. The second-order valence-electron chi connectivity index (χ2n) is 6.41. The van der Waals surface area contributed by atoms with Crippen molar-refractivity contribution in [3.8, 4) is 22.8 Å². The van der Waals surface area contributed by atoms with Crippen molar-refractivity contribution in [1.82, 2.24) is 15.8 Å². The number of benzene rings is 2. The van der Waals surface area contributed by atoms with E-state index in [4.69, 9.17) is 14.0 Å². The van der Waals surface area contributed by atoms with Gasteiger partial charge in [0.15, 0.2) is 5.76 Å². The van der Waals surface area contributed by atoms with Crippen LogP contribution in [0.25, 0.3) is 11.3 Å². The van der Waals surface area contributed by atoms with E-state index in [-0.39, 0.29) is 6.03 Å². The van der Waals surface area contributed by atoms with E-state index >= 15 is 0 Å². The number of ether oxygens (including phenoxy) is 2. The standard InChI is InChI=1S/C22H25N3O4/c1-27-19-8-5-7-17(14-19)21-15-18(25-29-21)11-13-24-22(26)23-12-10-16-6-3-4-9-20(16)28-2/h3-9,14-15H,10-13H2,1-2H3,(H2,23,24,26). The minimum absolute atomic E-state index is 0.212. The van der Waals surface area contributed by atoms with Crippen LogP contribution in [-0.4, -0.2) is 38.5 Å². The van der Waals surface area contributed by atoms with Crippen LogP contribution in [-0.2, 0) is 12.8 Å². The van der Waals surface area contributed by atoms with Crippen LogP contribution in [0.4, 0.5) is 4.79 Å². The number of urea groups is 1. The van der Waals surface area contributed by atoms with Crippen molar-refractivity contribution in [3.63, 3.8) is 0 Å². The number of carbonyl (C=O) groups excluding carboxylic acids is 1. The summed E-state index contributed by atoms with van der Waals surface area (Å²) in [4.78, 5) is 12.0. The van der Waals surface area contributed by atoms with E-state index in [1.54, 1.807) is 14.2 Å². The van der Waals surface area contributed by atoms with E-state index in [9.17, 15) is 4.79 Å². The first-order valence-electron chi connectivity index (χ1n) is 9.43. The number of hydrogen-bond acceptors (Lipinski definition) is 5. The number of para-hydroxylation sites is 1. The lowest BCUT2D eigenvalue weighted by molar-refractivity contribution is 0.241. The van der Waals surface area contributed by atoms with Crippen molar-refractivity contribution in [2.75, 3.05) is 27.3 Å². The number of amides is 2. The first kappa shape index (κ1) is 20.3. The average Bonchev–Trinajstić information content (AvgIpc) is 3.23. The molecule has 0 spiro atoms. The molecule has 0 aliphatic heterocycles. The molecule has 1 aromatic heterocycles.